The van der Waals surface area contributed by atoms with E-state index in [4.69, 9.17) is 11.6 Å². The molecule has 0 aliphatic heterocycles. The van der Waals surface area contributed by atoms with E-state index in [0.29, 0.717) is 18.4 Å². The lowest BCUT2D eigenvalue weighted by Gasteiger charge is -2.37. The first kappa shape index (κ1) is 24.8. The molecule has 2 aliphatic carbocycles. The van der Waals surface area contributed by atoms with Gasteiger partial charge in [0.2, 0.25) is 11.8 Å². The highest BCUT2D eigenvalue weighted by molar-refractivity contribution is 6.27. The molecule has 1 aromatic rings. The number of alkyl halides is 1. The molecular formula is C27H39ClN2O2. The minimum Gasteiger partial charge on any atom is -0.351 e. The van der Waals surface area contributed by atoms with Gasteiger partial charge >= 0.3 is 0 Å². The van der Waals surface area contributed by atoms with Gasteiger partial charge in [0.15, 0.2) is 0 Å². The average Bonchev–Trinajstić information content (AvgIpc) is 2.80. The summed E-state index contributed by atoms with van der Waals surface area (Å²) in [5.41, 5.74) is 3.37. The van der Waals surface area contributed by atoms with Crippen LogP contribution in [0, 0.1) is 18.8 Å². The molecule has 1 fully saturated rings. The Kier molecular flexibility index (Phi) is 9.22. The minimum absolute atomic E-state index is 0.0871. The fourth-order valence-electron chi connectivity index (χ4n) is 5.14. The number of allylic oxidation sites excluding steroid dienone is 1. The molecule has 2 aliphatic rings. The molecule has 0 spiro atoms. The molecule has 0 radical (unpaired) electrons. The van der Waals surface area contributed by atoms with Gasteiger partial charge in [-0.3, -0.25) is 9.59 Å². The monoisotopic (exact) mass is 458 g/mol. The number of rotatable bonds is 8. The van der Waals surface area contributed by atoms with Crippen molar-refractivity contribution in [3.05, 3.63) is 47.0 Å². The first-order valence-corrected chi connectivity index (χ1v) is 12.8. The molecule has 1 saturated carbocycles. The maximum absolute atomic E-state index is 13.7. The number of hydrogen-bond donors (Lipinski definition) is 1. The summed E-state index contributed by atoms with van der Waals surface area (Å²) in [5.74, 6) is 0.623. The van der Waals surface area contributed by atoms with Crippen molar-refractivity contribution in [3.63, 3.8) is 0 Å². The van der Waals surface area contributed by atoms with Crippen LogP contribution in [-0.2, 0) is 9.59 Å². The van der Waals surface area contributed by atoms with Crippen molar-refractivity contribution in [1.82, 2.24) is 10.2 Å². The molecule has 4 atom stereocenters. The molecule has 4 nitrogen and oxygen atoms in total. The Morgan fingerprint density at radius 3 is 2.53 bits per heavy atom. The number of carbonyl (C=O) groups excluding carboxylic acids is 2. The lowest BCUT2D eigenvalue weighted by molar-refractivity contribution is -0.139. The molecular weight excluding hydrogens is 420 g/mol. The largest absolute Gasteiger partial charge is 0.351 e. The van der Waals surface area contributed by atoms with Crippen molar-refractivity contribution >= 4 is 23.4 Å². The van der Waals surface area contributed by atoms with Crippen LogP contribution in [0.25, 0.3) is 0 Å². The molecule has 176 valence electrons. The van der Waals surface area contributed by atoms with Crippen LogP contribution in [0.4, 0.5) is 0 Å². The van der Waals surface area contributed by atoms with Crippen LogP contribution >= 0.6 is 11.6 Å². The lowest BCUT2D eigenvalue weighted by Crippen LogP contribution is -2.50. The van der Waals surface area contributed by atoms with E-state index in [1.54, 1.807) is 4.90 Å². The number of benzene rings is 1. The molecule has 2 amide bonds. The molecule has 0 heterocycles. The van der Waals surface area contributed by atoms with Crippen LogP contribution in [0.15, 0.2) is 35.9 Å². The smallest absolute Gasteiger partial charge is 0.247 e. The second-order valence-electron chi connectivity index (χ2n) is 9.77. The van der Waals surface area contributed by atoms with Crippen molar-refractivity contribution in [2.24, 2.45) is 11.8 Å². The Morgan fingerprint density at radius 1 is 1.12 bits per heavy atom. The maximum Gasteiger partial charge on any atom is 0.247 e. The quantitative estimate of drug-likeness (QED) is 0.387. The van der Waals surface area contributed by atoms with E-state index >= 15 is 0 Å². The van der Waals surface area contributed by atoms with Gasteiger partial charge in [0.25, 0.3) is 0 Å². The summed E-state index contributed by atoms with van der Waals surface area (Å²) >= 11 is 6.03. The van der Waals surface area contributed by atoms with E-state index in [9.17, 15) is 9.59 Å². The normalized spacial score (nSPS) is 24.4. The minimum atomic E-state index is -0.657. The Balaban J connectivity index is 1.85. The van der Waals surface area contributed by atoms with Crippen LogP contribution < -0.4 is 5.32 Å². The van der Waals surface area contributed by atoms with Crippen LogP contribution in [0.2, 0.25) is 0 Å². The highest BCUT2D eigenvalue weighted by atomic mass is 35.5. The molecule has 1 aromatic carbocycles. The number of nitrogens with zero attached hydrogens (tertiary/aromatic N) is 1. The topological polar surface area (TPSA) is 49.4 Å². The van der Waals surface area contributed by atoms with Gasteiger partial charge in [0.1, 0.15) is 11.9 Å². The summed E-state index contributed by atoms with van der Waals surface area (Å²) in [6.45, 7) is 7.04. The van der Waals surface area contributed by atoms with E-state index in [1.807, 2.05) is 31.2 Å². The third-order valence-electron chi connectivity index (χ3n) is 7.48. The number of carbonyl (C=O) groups is 2. The molecule has 0 aromatic heterocycles. The third kappa shape index (κ3) is 6.37. The maximum atomic E-state index is 13.7. The van der Waals surface area contributed by atoms with Crippen molar-refractivity contribution in [1.29, 1.82) is 0 Å². The molecule has 5 heteroatoms. The number of amides is 2. The van der Waals surface area contributed by atoms with Gasteiger partial charge in [-0.2, -0.15) is 0 Å². The third-order valence-corrected chi connectivity index (χ3v) is 7.71. The van der Waals surface area contributed by atoms with Gasteiger partial charge in [0.05, 0.1) is 0 Å². The fourth-order valence-corrected chi connectivity index (χ4v) is 5.29. The summed E-state index contributed by atoms with van der Waals surface area (Å²) in [4.78, 5) is 28.4. The van der Waals surface area contributed by atoms with Gasteiger partial charge in [0, 0.05) is 12.6 Å². The SMILES string of the molecule is Cc1ccc(C(C(=O)NC2CCCC(C)C2C)N(CCC2=CCCCC2)C(=O)CCl)cc1. The van der Waals surface area contributed by atoms with Crippen molar-refractivity contribution < 1.29 is 9.59 Å². The van der Waals surface area contributed by atoms with Gasteiger partial charge in [-0.15, -0.1) is 11.6 Å². The predicted molar refractivity (Wildman–Crippen MR) is 132 cm³/mol. The van der Waals surface area contributed by atoms with Crippen molar-refractivity contribution in [2.75, 3.05) is 12.4 Å². The first-order valence-electron chi connectivity index (χ1n) is 12.3. The Hall–Kier alpha value is -1.81. The summed E-state index contributed by atoms with van der Waals surface area (Å²) in [6, 6.07) is 7.45. The standard InChI is InChI=1S/C27H39ClN2O2/c1-19-12-14-23(15-13-19)26(27(32)29-24-11-7-8-20(2)21(24)3)30(25(31)18-28)17-16-22-9-5-4-6-10-22/h9,12-15,20-21,24,26H,4-8,10-11,16-18H2,1-3H3,(H,29,32). The second kappa shape index (κ2) is 11.9. The number of nitrogens with one attached hydrogen (secondary N) is 1. The predicted octanol–water partition coefficient (Wildman–Crippen LogP) is 5.93. The fraction of sp³-hybridized carbons (Fsp3) is 0.630. The van der Waals surface area contributed by atoms with E-state index in [-0.39, 0.29) is 23.7 Å². The van der Waals surface area contributed by atoms with Crippen LogP contribution in [0.1, 0.15) is 82.4 Å². The molecule has 4 unspecified atom stereocenters. The Labute approximate surface area is 198 Å². The summed E-state index contributed by atoms with van der Waals surface area (Å²) in [5, 5.41) is 3.32. The second-order valence-corrected chi connectivity index (χ2v) is 10.0. The van der Waals surface area contributed by atoms with Crippen molar-refractivity contribution in [3.8, 4) is 0 Å². The summed E-state index contributed by atoms with van der Waals surface area (Å²) in [7, 11) is 0. The van der Waals surface area contributed by atoms with Gasteiger partial charge in [-0.25, -0.2) is 0 Å². The molecule has 32 heavy (non-hydrogen) atoms. The first-order chi connectivity index (χ1) is 15.4. The number of aryl methyl sites for hydroxylation is 1. The van der Waals surface area contributed by atoms with Crippen LogP contribution in [0.3, 0.4) is 0 Å². The highest BCUT2D eigenvalue weighted by Gasteiger charge is 2.35. The van der Waals surface area contributed by atoms with E-state index in [2.05, 4.69) is 25.2 Å². The summed E-state index contributed by atoms with van der Waals surface area (Å²) < 4.78 is 0. The highest BCUT2D eigenvalue weighted by Crippen LogP contribution is 2.31. The average molecular weight is 459 g/mol. The van der Waals surface area contributed by atoms with E-state index in [1.165, 1.54) is 24.8 Å². The zero-order valence-electron chi connectivity index (χ0n) is 19.9. The Morgan fingerprint density at radius 2 is 1.88 bits per heavy atom. The molecule has 0 saturated heterocycles. The summed E-state index contributed by atoms with van der Waals surface area (Å²) in [6.07, 6.45) is 11.1. The van der Waals surface area contributed by atoms with Crippen LogP contribution in [0.5, 0.6) is 0 Å². The zero-order valence-corrected chi connectivity index (χ0v) is 20.7. The number of halogens is 1. The number of hydrogen-bond acceptors (Lipinski definition) is 2. The molecule has 1 N–H and O–H groups in total. The van der Waals surface area contributed by atoms with E-state index < -0.39 is 6.04 Å². The molecule has 3 rings (SSSR count). The van der Waals surface area contributed by atoms with Gasteiger partial charge < -0.3 is 10.2 Å². The lowest BCUT2D eigenvalue weighted by atomic mass is 9.78. The molecule has 0 bridgehead atoms. The van der Waals surface area contributed by atoms with E-state index in [0.717, 1.165) is 43.2 Å². The Bertz CT molecular complexity index is 804. The van der Waals surface area contributed by atoms with Crippen LogP contribution in [-0.4, -0.2) is 35.2 Å². The zero-order chi connectivity index (χ0) is 23.1. The van der Waals surface area contributed by atoms with Gasteiger partial charge in [-0.05, 0) is 62.8 Å². The van der Waals surface area contributed by atoms with Gasteiger partial charge in [-0.1, -0.05) is 68.2 Å². The van der Waals surface area contributed by atoms with Crippen molar-refractivity contribution in [2.45, 2.75) is 84.2 Å².